The van der Waals surface area contributed by atoms with Gasteiger partial charge in [0.15, 0.2) is 5.78 Å². The highest BCUT2D eigenvalue weighted by Gasteiger charge is 2.44. The normalized spacial score (nSPS) is 19.7. The highest BCUT2D eigenvalue weighted by molar-refractivity contribution is 6.07. The number of fused-ring (bicyclic) bond motifs is 1. The molecule has 212 valence electrons. The van der Waals surface area contributed by atoms with E-state index in [4.69, 9.17) is 0 Å². The third-order valence-electron chi connectivity index (χ3n) is 8.91. The molecule has 0 bridgehead atoms. The molecule has 2 aromatic carbocycles. The zero-order chi connectivity index (χ0) is 27.9. The molecule has 0 amide bonds. The van der Waals surface area contributed by atoms with E-state index in [9.17, 15) is 18.7 Å². The Balaban J connectivity index is 1.36. The van der Waals surface area contributed by atoms with Crippen molar-refractivity contribution in [2.45, 2.75) is 64.2 Å². The van der Waals surface area contributed by atoms with Crippen LogP contribution in [0.4, 0.5) is 31.7 Å². The summed E-state index contributed by atoms with van der Waals surface area (Å²) in [4.78, 5) is 26.6. The van der Waals surface area contributed by atoms with Gasteiger partial charge in [-0.25, -0.2) is 18.7 Å². The Kier molecular flexibility index (Phi) is 7.10. The van der Waals surface area contributed by atoms with Gasteiger partial charge in [-0.15, -0.1) is 0 Å². The lowest BCUT2D eigenvalue weighted by Crippen LogP contribution is -2.39. The number of ketones is 1. The van der Waals surface area contributed by atoms with Gasteiger partial charge in [-0.2, -0.15) is 0 Å². The maximum Gasteiger partial charge on any atom is 0.251 e. The number of nitrogens with one attached hydrogen (secondary N) is 1. The number of rotatable bonds is 8. The number of alkyl halides is 2. The van der Waals surface area contributed by atoms with Crippen molar-refractivity contribution in [3.05, 3.63) is 47.8 Å². The quantitative estimate of drug-likeness (QED) is 0.321. The lowest BCUT2D eigenvalue weighted by molar-refractivity contribution is -0.0220. The van der Waals surface area contributed by atoms with Gasteiger partial charge in [0, 0.05) is 69.0 Å². The van der Waals surface area contributed by atoms with E-state index < -0.39 is 5.92 Å². The number of anilines is 4. The largest absolute Gasteiger partial charge is 0.396 e. The van der Waals surface area contributed by atoms with Crippen molar-refractivity contribution in [1.82, 2.24) is 9.97 Å². The third-order valence-corrected chi connectivity index (χ3v) is 8.91. The molecule has 1 aliphatic carbocycles. The number of halogens is 2. The summed E-state index contributed by atoms with van der Waals surface area (Å²) < 4.78 is 27.6. The van der Waals surface area contributed by atoms with E-state index in [1.54, 1.807) is 0 Å². The Morgan fingerprint density at radius 2 is 1.68 bits per heavy atom. The van der Waals surface area contributed by atoms with Crippen molar-refractivity contribution in [2.24, 2.45) is 5.41 Å². The molecule has 3 aromatic rings. The van der Waals surface area contributed by atoms with Crippen molar-refractivity contribution in [1.29, 1.82) is 0 Å². The minimum atomic E-state index is -2.59. The topological polar surface area (TPSA) is 81.6 Å². The molecule has 2 aliphatic heterocycles. The van der Waals surface area contributed by atoms with Gasteiger partial charge < -0.3 is 20.2 Å². The molecule has 0 radical (unpaired) electrons. The number of aryl methyl sites for hydroxylation is 1. The molecule has 1 aromatic heterocycles. The van der Waals surface area contributed by atoms with Gasteiger partial charge in [-0.05, 0) is 80.3 Å². The number of hydrogen-bond acceptors (Lipinski definition) is 7. The fraction of sp³-hybridized carbons (Fsp3) is 0.516. The summed E-state index contributed by atoms with van der Waals surface area (Å²) in [6.45, 7) is 4.47. The van der Waals surface area contributed by atoms with E-state index in [0.717, 1.165) is 53.9 Å². The van der Waals surface area contributed by atoms with Crippen molar-refractivity contribution >= 4 is 39.6 Å². The Morgan fingerprint density at radius 3 is 2.38 bits per heavy atom. The third kappa shape index (κ3) is 5.61. The summed E-state index contributed by atoms with van der Waals surface area (Å²) in [6, 6.07) is 9.85. The predicted octanol–water partition coefficient (Wildman–Crippen LogP) is 6.25. The number of Topliss-reactive ketones (excluding diaryl/α,β-unsaturated/α-hetero) is 1. The minimum Gasteiger partial charge on any atom is -0.396 e. The first-order valence-corrected chi connectivity index (χ1v) is 14.4. The van der Waals surface area contributed by atoms with Crippen LogP contribution < -0.4 is 15.1 Å². The summed E-state index contributed by atoms with van der Waals surface area (Å²) in [5, 5.41) is 13.6. The number of piperidine rings is 2. The second kappa shape index (κ2) is 10.6. The highest BCUT2D eigenvalue weighted by atomic mass is 19.3. The number of nitrogens with zero attached hydrogens (tertiary/aromatic N) is 4. The van der Waals surface area contributed by atoms with E-state index in [2.05, 4.69) is 20.2 Å². The van der Waals surface area contributed by atoms with E-state index in [1.807, 2.05) is 42.2 Å². The molecule has 40 heavy (non-hydrogen) atoms. The molecule has 1 spiro atoms. The van der Waals surface area contributed by atoms with Gasteiger partial charge in [0.25, 0.3) is 5.92 Å². The summed E-state index contributed by atoms with van der Waals surface area (Å²) in [6.07, 6.45) is 6.85. The molecule has 2 N–H and O–H groups in total. The molecule has 7 nitrogen and oxygen atoms in total. The summed E-state index contributed by atoms with van der Waals surface area (Å²) in [7, 11) is 0. The Labute approximate surface area is 233 Å². The van der Waals surface area contributed by atoms with Crippen LogP contribution in [0.2, 0.25) is 0 Å². The van der Waals surface area contributed by atoms with Crippen molar-refractivity contribution in [2.75, 3.05) is 47.9 Å². The molecule has 3 heterocycles. The van der Waals surface area contributed by atoms with Crippen LogP contribution in [0.1, 0.15) is 67.3 Å². The zero-order valence-electron chi connectivity index (χ0n) is 23.1. The van der Waals surface area contributed by atoms with E-state index in [-0.39, 0.29) is 31.7 Å². The van der Waals surface area contributed by atoms with Crippen molar-refractivity contribution < 1.29 is 18.7 Å². The summed E-state index contributed by atoms with van der Waals surface area (Å²) >= 11 is 0. The second-order valence-electron chi connectivity index (χ2n) is 11.9. The number of benzene rings is 2. The van der Waals surface area contributed by atoms with Crippen LogP contribution in [0, 0.1) is 12.3 Å². The summed E-state index contributed by atoms with van der Waals surface area (Å²) in [5.41, 5.74) is 5.53. The monoisotopic (exact) mass is 549 g/mol. The Bertz CT molecular complexity index is 1400. The SMILES string of the molecule is Cc1cc(Nc2ncnc3cc(C(=O)CCCO)cc(N4CCC5(CC4)CC5)c23)cc(N2CCC(F)(F)CC2)c1. The lowest BCUT2D eigenvalue weighted by atomic mass is 9.92. The number of carbonyl (C=O) groups excluding carboxylic acids is 1. The molecular formula is C31H37F2N5O2. The van der Waals surface area contributed by atoms with Gasteiger partial charge in [0.2, 0.25) is 0 Å². The standard InChI is InChI=1S/C31H37F2N5O2/c1-21-15-23(19-24(16-21)37-12-8-31(32,33)9-13-37)36-29-28-25(34-20-35-29)17-22(27(40)3-2-14-39)18-26(28)38-10-6-30(4-5-30)7-11-38/h15-20,39H,2-14H2,1H3,(H,34,35,36). The maximum atomic E-state index is 13.8. The molecular weight excluding hydrogens is 512 g/mol. The molecule has 3 aliphatic rings. The second-order valence-corrected chi connectivity index (χ2v) is 11.9. The van der Waals surface area contributed by atoms with Crippen LogP contribution in [-0.4, -0.2) is 59.6 Å². The molecule has 3 fully saturated rings. The average molecular weight is 550 g/mol. The van der Waals surface area contributed by atoms with Crippen LogP contribution in [0.15, 0.2) is 36.7 Å². The first-order chi connectivity index (χ1) is 19.2. The minimum absolute atomic E-state index is 0.00331. The van der Waals surface area contributed by atoms with Crippen molar-refractivity contribution in [3.8, 4) is 0 Å². The van der Waals surface area contributed by atoms with Crippen LogP contribution in [0.3, 0.4) is 0 Å². The predicted molar refractivity (Wildman–Crippen MR) is 154 cm³/mol. The van der Waals surface area contributed by atoms with Gasteiger partial charge in [-0.3, -0.25) is 4.79 Å². The van der Waals surface area contributed by atoms with Crippen LogP contribution in [0.5, 0.6) is 0 Å². The number of hydrogen-bond donors (Lipinski definition) is 2. The molecule has 2 saturated heterocycles. The summed E-state index contributed by atoms with van der Waals surface area (Å²) in [5.74, 6) is -1.94. The maximum absolute atomic E-state index is 13.8. The van der Waals surface area contributed by atoms with E-state index >= 15 is 0 Å². The van der Waals surface area contributed by atoms with Gasteiger partial charge in [-0.1, -0.05) is 0 Å². The van der Waals surface area contributed by atoms with Crippen molar-refractivity contribution in [3.63, 3.8) is 0 Å². The fourth-order valence-corrected chi connectivity index (χ4v) is 6.20. The van der Waals surface area contributed by atoms with Gasteiger partial charge in [0.1, 0.15) is 12.1 Å². The molecule has 1 saturated carbocycles. The number of aromatic nitrogens is 2. The van der Waals surface area contributed by atoms with Crippen LogP contribution >= 0.6 is 0 Å². The highest BCUT2D eigenvalue weighted by Crippen LogP contribution is 2.54. The number of aliphatic hydroxyl groups excluding tert-OH is 1. The number of aliphatic hydroxyl groups is 1. The molecule has 6 rings (SSSR count). The Hall–Kier alpha value is -3.33. The lowest BCUT2D eigenvalue weighted by Gasteiger charge is -2.35. The first-order valence-electron chi connectivity index (χ1n) is 14.4. The van der Waals surface area contributed by atoms with Crippen LogP contribution in [0.25, 0.3) is 10.9 Å². The number of carbonyl (C=O) groups is 1. The first kappa shape index (κ1) is 26.9. The molecule has 0 unspecified atom stereocenters. The smallest absolute Gasteiger partial charge is 0.251 e. The zero-order valence-corrected chi connectivity index (χ0v) is 23.1. The van der Waals surface area contributed by atoms with E-state index in [0.29, 0.717) is 41.8 Å². The Morgan fingerprint density at radius 1 is 0.950 bits per heavy atom. The van der Waals surface area contributed by atoms with Gasteiger partial charge in [0.05, 0.1) is 16.6 Å². The molecule has 9 heteroatoms. The van der Waals surface area contributed by atoms with Crippen LogP contribution in [-0.2, 0) is 0 Å². The average Bonchev–Trinajstić information content (AvgIpc) is 3.69. The van der Waals surface area contributed by atoms with E-state index in [1.165, 1.54) is 19.2 Å². The molecule has 0 atom stereocenters. The fourth-order valence-electron chi connectivity index (χ4n) is 6.20. The van der Waals surface area contributed by atoms with Gasteiger partial charge >= 0.3 is 0 Å².